The van der Waals surface area contributed by atoms with E-state index in [-0.39, 0.29) is 5.56 Å². The van der Waals surface area contributed by atoms with Gasteiger partial charge in [-0.05, 0) is 12.1 Å². The molecule has 0 saturated heterocycles. The lowest BCUT2D eigenvalue weighted by Crippen LogP contribution is -1.88. The number of nitrogens with one attached hydrogen (secondary N) is 1. The highest BCUT2D eigenvalue weighted by molar-refractivity contribution is 5.86. The second kappa shape index (κ2) is 3.53. The minimum atomic E-state index is -1.11. The normalized spacial score (nSPS) is 11.3. The number of aromatic nitrogens is 2. The number of imidazole rings is 1. The van der Waals surface area contributed by atoms with Crippen molar-refractivity contribution in [2.24, 2.45) is 0 Å². The lowest BCUT2D eigenvalue weighted by Gasteiger charge is -1.96. The third-order valence-electron chi connectivity index (χ3n) is 1.94. The predicted octanol–water partition coefficient (Wildman–Crippen LogP) is 1.80. The van der Waals surface area contributed by atoms with E-state index in [4.69, 9.17) is 5.11 Å². The first-order chi connectivity index (χ1) is 7.16. The largest absolute Gasteiger partial charge is 0.478 e. The first-order valence-corrected chi connectivity index (χ1v) is 4.20. The van der Waals surface area contributed by atoms with E-state index in [2.05, 4.69) is 9.97 Å². The number of carboxylic acid groups (broad SMARTS) is 1. The molecule has 5 heteroatoms. The molecule has 0 spiro atoms. The zero-order chi connectivity index (χ0) is 10.8. The molecule has 76 valence electrons. The molecule has 2 aromatic rings. The zero-order valence-corrected chi connectivity index (χ0v) is 7.57. The molecule has 0 aliphatic heterocycles. The number of carbonyl (C=O) groups is 1. The van der Waals surface area contributed by atoms with Gasteiger partial charge in [0.15, 0.2) is 0 Å². The second-order valence-corrected chi connectivity index (χ2v) is 2.96. The summed E-state index contributed by atoms with van der Waals surface area (Å²) in [6.07, 6.45) is 3.54. The SMILES string of the molecule is O=C(O)/C=C/c1cc2nc[nH]c2cc1F. The molecular weight excluding hydrogens is 199 g/mol. The molecule has 0 aliphatic rings. The molecule has 0 unspecified atom stereocenters. The lowest BCUT2D eigenvalue weighted by molar-refractivity contribution is -0.131. The van der Waals surface area contributed by atoms with Gasteiger partial charge < -0.3 is 10.1 Å². The Balaban J connectivity index is 2.50. The number of rotatable bonds is 2. The lowest BCUT2D eigenvalue weighted by atomic mass is 10.1. The van der Waals surface area contributed by atoms with Crippen LogP contribution in [-0.4, -0.2) is 21.0 Å². The molecule has 2 rings (SSSR count). The first kappa shape index (κ1) is 9.39. The van der Waals surface area contributed by atoms with Crippen LogP contribution in [0.25, 0.3) is 17.1 Å². The maximum Gasteiger partial charge on any atom is 0.328 e. The Morgan fingerprint density at radius 2 is 2.33 bits per heavy atom. The molecule has 15 heavy (non-hydrogen) atoms. The summed E-state index contributed by atoms with van der Waals surface area (Å²) in [5.74, 6) is -1.60. The second-order valence-electron chi connectivity index (χ2n) is 2.96. The summed E-state index contributed by atoms with van der Waals surface area (Å²) in [5.41, 5.74) is 1.39. The van der Waals surface area contributed by atoms with E-state index in [1.807, 2.05) is 0 Å². The number of nitrogens with zero attached hydrogens (tertiary/aromatic N) is 1. The van der Waals surface area contributed by atoms with Gasteiger partial charge in [0.05, 0.1) is 17.4 Å². The average Bonchev–Trinajstić information content (AvgIpc) is 2.60. The molecule has 1 aromatic heterocycles. The number of hydrogen-bond donors (Lipinski definition) is 2. The van der Waals surface area contributed by atoms with Gasteiger partial charge in [-0.1, -0.05) is 0 Å². The maximum atomic E-state index is 13.4. The quantitative estimate of drug-likeness (QED) is 0.736. The molecule has 2 N–H and O–H groups in total. The number of H-pyrrole nitrogens is 1. The van der Waals surface area contributed by atoms with Crippen LogP contribution >= 0.6 is 0 Å². The minimum Gasteiger partial charge on any atom is -0.478 e. The fourth-order valence-electron chi connectivity index (χ4n) is 1.26. The maximum absolute atomic E-state index is 13.4. The van der Waals surface area contributed by atoms with Crippen LogP contribution in [0.4, 0.5) is 4.39 Å². The van der Waals surface area contributed by atoms with Crippen LogP contribution in [0.1, 0.15) is 5.56 Å². The number of hydrogen-bond acceptors (Lipinski definition) is 2. The number of carboxylic acids is 1. The fourth-order valence-corrected chi connectivity index (χ4v) is 1.26. The van der Waals surface area contributed by atoms with Crippen LogP contribution in [0, 0.1) is 5.82 Å². The summed E-state index contributed by atoms with van der Waals surface area (Å²) >= 11 is 0. The summed E-state index contributed by atoms with van der Waals surface area (Å²) in [4.78, 5) is 17.0. The van der Waals surface area contributed by atoms with Gasteiger partial charge in [-0.3, -0.25) is 0 Å². The molecule has 0 bridgehead atoms. The van der Waals surface area contributed by atoms with Gasteiger partial charge in [-0.15, -0.1) is 0 Å². The van der Waals surface area contributed by atoms with Gasteiger partial charge in [0.1, 0.15) is 5.82 Å². The van der Waals surface area contributed by atoms with Gasteiger partial charge in [0.2, 0.25) is 0 Å². The smallest absolute Gasteiger partial charge is 0.328 e. The van der Waals surface area contributed by atoms with E-state index in [9.17, 15) is 9.18 Å². The number of aromatic amines is 1. The number of benzene rings is 1. The Morgan fingerprint density at radius 1 is 1.53 bits per heavy atom. The minimum absolute atomic E-state index is 0.206. The highest BCUT2D eigenvalue weighted by Crippen LogP contribution is 2.17. The van der Waals surface area contributed by atoms with Crippen molar-refractivity contribution in [1.82, 2.24) is 9.97 Å². The highest BCUT2D eigenvalue weighted by atomic mass is 19.1. The van der Waals surface area contributed by atoms with Crippen LogP contribution < -0.4 is 0 Å². The standard InChI is InChI=1S/C10H7FN2O2/c11-7-4-9-8(12-5-13-9)3-6(7)1-2-10(14)15/h1-5H,(H,12,13)(H,14,15)/b2-1+. The van der Waals surface area contributed by atoms with E-state index in [1.165, 1.54) is 24.5 Å². The van der Waals surface area contributed by atoms with E-state index in [0.717, 1.165) is 6.08 Å². The molecule has 0 saturated carbocycles. The zero-order valence-electron chi connectivity index (χ0n) is 7.57. The summed E-state index contributed by atoms with van der Waals surface area (Å²) in [7, 11) is 0. The Kier molecular flexibility index (Phi) is 2.21. The van der Waals surface area contributed by atoms with Crippen molar-refractivity contribution in [2.45, 2.75) is 0 Å². The molecule has 4 nitrogen and oxygen atoms in total. The average molecular weight is 206 g/mol. The molecular formula is C10H7FN2O2. The van der Waals surface area contributed by atoms with Gasteiger partial charge in [0, 0.05) is 17.7 Å². The van der Waals surface area contributed by atoms with Gasteiger partial charge in [-0.25, -0.2) is 14.2 Å². The van der Waals surface area contributed by atoms with Crippen LogP contribution in [0.15, 0.2) is 24.5 Å². The van der Waals surface area contributed by atoms with Crippen molar-refractivity contribution < 1.29 is 14.3 Å². The summed E-state index contributed by atoms with van der Waals surface area (Å²) in [5, 5.41) is 8.41. The Bertz CT molecular complexity index is 545. The first-order valence-electron chi connectivity index (χ1n) is 4.20. The summed E-state index contributed by atoms with van der Waals surface area (Å²) in [6, 6.07) is 2.77. The Hall–Kier alpha value is -2.17. The molecule has 0 atom stereocenters. The van der Waals surface area contributed by atoms with Crippen molar-refractivity contribution in [2.75, 3.05) is 0 Å². The monoisotopic (exact) mass is 206 g/mol. The molecule has 1 aromatic carbocycles. The van der Waals surface area contributed by atoms with Crippen molar-refractivity contribution in [1.29, 1.82) is 0 Å². The van der Waals surface area contributed by atoms with E-state index < -0.39 is 11.8 Å². The van der Waals surface area contributed by atoms with Crippen LogP contribution in [0.5, 0.6) is 0 Å². The predicted molar refractivity (Wildman–Crippen MR) is 52.7 cm³/mol. The number of halogens is 1. The van der Waals surface area contributed by atoms with Gasteiger partial charge in [-0.2, -0.15) is 0 Å². The summed E-state index contributed by atoms with van der Waals surface area (Å²) < 4.78 is 13.4. The highest BCUT2D eigenvalue weighted by Gasteiger charge is 2.03. The Morgan fingerprint density at radius 3 is 3.07 bits per heavy atom. The van der Waals surface area contributed by atoms with Gasteiger partial charge >= 0.3 is 5.97 Å². The van der Waals surface area contributed by atoms with Gasteiger partial charge in [0.25, 0.3) is 0 Å². The third kappa shape index (κ3) is 1.85. The molecule has 0 radical (unpaired) electrons. The number of aliphatic carboxylic acids is 1. The fraction of sp³-hybridized carbons (Fsp3) is 0. The van der Waals surface area contributed by atoms with Crippen LogP contribution in [0.2, 0.25) is 0 Å². The van der Waals surface area contributed by atoms with Crippen LogP contribution in [-0.2, 0) is 4.79 Å². The Labute approximate surface area is 84.1 Å². The van der Waals surface area contributed by atoms with Crippen LogP contribution in [0.3, 0.4) is 0 Å². The van der Waals surface area contributed by atoms with Crippen molar-refractivity contribution in [3.8, 4) is 0 Å². The number of fused-ring (bicyclic) bond motifs is 1. The summed E-state index contributed by atoms with van der Waals surface area (Å²) in [6.45, 7) is 0. The van der Waals surface area contributed by atoms with Crippen molar-refractivity contribution in [3.63, 3.8) is 0 Å². The molecule has 1 heterocycles. The molecule has 0 aliphatic carbocycles. The topological polar surface area (TPSA) is 66.0 Å². The third-order valence-corrected chi connectivity index (χ3v) is 1.94. The molecule has 0 fully saturated rings. The molecule has 0 amide bonds. The van der Waals surface area contributed by atoms with Crippen molar-refractivity contribution in [3.05, 3.63) is 35.9 Å². The van der Waals surface area contributed by atoms with E-state index >= 15 is 0 Å². The van der Waals surface area contributed by atoms with Crippen molar-refractivity contribution >= 4 is 23.1 Å². The van der Waals surface area contributed by atoms with E-state index in [1.54, 1.807) is 0 Å². The van der Waals surface area contributed by atoms with E-state index in [0.29, 0.717) is 11.0 Å².